The molecule has 3 nitrogen and oxygen atoms in total. The lowest BCUT2D eigenvalue weighted by molar-refractivity contribution is -0.141. The summed E-state index contributed by atoms with van der Waals surface area (Å²) < 4.78 is 12.9. The van der Waals surface area contributed by atoms with Crippen LogP contribution in [-0.2, 0) is 4.79 Å². The van der Waals surface area contributed by atoms with Crippen LogP contribution in [0.2, 0.25) is 0 Å². The molecule has 0 aliphatic heterocycles. The van der Waals surface area contributed by atoms with E-state index >= 15 is 0 Å². The molecule has 0 heterocycles. The minimum atomic E-state index is -0.259. The van der Waals surface area contributed by atoms with Crippen LogP contribution in [0.3, 0.4) is 0 Å². The number of benzene rings is 1. The second kappa shape index (κ2) is 6.35. The molecular formula is C16H23FN2O. The molecular weight excluding hydrogens is 255 g/mol. The lowest BCUT2D eigenvalue weighted by Gasteiger charge is -2.41. The molecule has 1 saturated carbocycles. The van der Waals surface area contributed by atoms with Crippen LogP contribution in [0.4, 0.5) is 4.39 Å². The monoisotopic (exact) mass is 278 g/mol. The highest BCUT2D eigenvalue weighted by Crippen LogP contribution is 2.42. The zero-order chi connectivity index (χ0) is 14.7. The topological polar surface area (TPSA) is 46.3 Å². The van der Waals surface area contributed by atoms with Crippen molar-refractivity contribution in [3.05, 3.63) is 35.6 Å². The van der Waals surface area contributed by atoms with Crippen LogP contribution in [-0.4, -0.2) is 23.9 Å². The van der Waals surface area contributed by atoms with E-state index in [2.05, 4.69) is 0 Å². The van der Waals surface area contributed by atoms with Gasteiger partial charge in [-0.1, -0.05) is 12.1 Å². The van der Waals surface area contributed by atoms with Gasteiger partial charge < -0.3 is 10.6 Å². The first-order valence-corrected chi connectivity index (χ1v) is 7.38. The van der Waals surface area contributed by atoms with E-state index in [0.717, 1.165) is 31.5 Å². The minimum Gasteiger partial charge on any atom is -0.343 e. The molecule has 1 aromatic rings. The van der Waals surface area contributed by atoms with Gasteiger partial charge in [0.15, 0.2) is 0 Å². The summed E-state index contributed by atoms with van der Waals surface area (Å²) >= 11 is 0. The highest BCUT2D eigenvalue weighted by atomic mass is 19.1. The van der Waals surface area contributed by atoms with Gasteiger partial charge in [0.1, 0.15) is 5.82 Å². The van der Waals surface area contributed by atoms with Gasteiger partial charge in [-0.25, -0.2) is 4.39 Å². The lowest BCUT2D eigenvalue weighted by atomic mass is 9.67. The van der Waals surface area contributed by atoms with Gasteiger partial charge in [0.2, 0.25) is 5.91 Å². The number of rotatable bonds is 5. The average Bonchev–Trinajstić information content (AvgIpc) is 2.39. The van der Waals surface area contributed by atoms with Gasteiger partial charge in [0.05, 0.1) is 0 Å². The Morgan fingerprint density at radius 1 is 1.30 bits per heavy atom. The Hall–Kier alpha value is -1.42. The Kier molecular flexibility index (Phi) is 4.76. The minimum absolute atomic E-state index is 0.0231. The van der Waals surface area contributed by atoms with E-state index in [-0.39, 0.29) is 29.6 Å². The number of hydrogen-bond donors (Lipinski definition) is 1. The summed E-state index contributed by atoms with van der Waals surface area (Å²) in [5, 5.41) is 0. The predicted octanol–water partition coefficient (Wildman–Crippen LogP) is 2.72. The molecule has 20 heavy (non-hydrogen) atoms. The van der Waals surface area contributed by atoms with Crippen molar-refractivity contribution in [3.63, 3.8) is 0 Å². The molecule has 1 fully saturated rings. The molecule has 1 aromatic carbocycles. The molecule has 0 radical (unpaired) electrons. The maximum atomic E-state index is 12.9. The molecule has 1 aliphatic rings. The van der Waals surface area contributed by atoms with Crippen LogP contribution < -0.4 is 5.73 Å². The number of nitrogens with zero attached hydrogens (tertiary/aromatic N) is 1. The fourth-order valence-electron chi connectivity index (χ4n) is 2.96. The van der Waals surface area contributed by atoms with Gasteiger partial charge in [0.25, 0.3) is 0 Å². The number of nitrogens with two attached hydrogens (primary N) is 1. The van der Waals surface area contributed by atoms with Crippen LogP contribution in [0.25, 0.3) is 0 Å². The van der Waals surface area contributed by atoms with E-state index < -0.39 is 0 Å². The molecule has 110 valence electrons. The van der Waals surface area contributed by atoms with Gasteiger partial charge in [-0.3, -0.25) is 4.79 Å². The number of halogens is 1. The van der Waals surface area contributed by atoms with Crippen molar-refractivity contribution in [2.75, 3.05) is 13.1 Å². The van der Waals surface area contributed by atoms with Crippen molar-refractivity contribution in [1.82, 2.24) is 4.90 Å². The molecule has 0 aromatic heterocycles. The fraction of sp³-hybridized carbons (Fsp3) is 0.562. The molecule has 2 N–H and O–H groups in total. The van der Waals surface area contributed by atoms with E-state index in [1.54, 1.807) is 12.1 Å². The van der Waals surface area contributed by atoms with Crippen molar-refractivity contribution in [3.8, 4) is 0 Å². The highest BCUT2D eigenvalue weighted by Gasteiger charge is 2.41. The molecule has 1 aliphatic carbocycles. The summed E-state index contributed by atoms with van der Waals surface area (Å²) in [6, 6.07) is 6.10. The number of amides is 1. The molecule has 1 amide bonds. The quantitative estimate of drug-likeness (QED) is 0.900. The van der Waals surface area contributed by atoms with Gasteiger partial charge in [0, 0.05) is 25.0 Å². The fourth-order valence-corrected chi connectivity index (χ4v) is 2.96. The van der Waals surface area contributed by atoms with E-state index in [0.29, 0.717) is 0 Å². The Labute approximate surface area is 120 Å². The largest absolute Gasteiger partial charge is 0.343 e. The van der Waals surface area contributed by atoms with E-state index in [1.807, 2.05) is 18.7 Å². The van der Waals surface area contributed by atoms with Crippen molar-refractivity contribution in [2.45, 2.75) is 32.7 Å². The first-order chi connectivity index (χ1) is 9.58. The van der Waals surface area contributed by atoms with Gasteiger partial charge in [-0.15, -0.1) is 0 Å². The SMILES string of the molecule is CCN(CC)C(=O)[C@@H]1CC[C@@H]1C(N)c1ccc(F)cc1. The van der Waals surface area contributed by atoms with Crippen LogP contribution >= 0.6 is 0 Å². The number of hydrogen-bond acceptors (Lipinski definition) is 2. The maximum Gasteiger partial charge on any atom is 0.226 e. The average molecular weight is 278 g/mol. The molecule has 2 rings (SSSR count). The second-order valence-corrected chi connectivity index (χ2v) is 5.44. The Bertz CT molecular complexity index is 456. The van der Waals surface area contributed by atoms with Crippen molar-refractivity contribution >= 4 is 5.91 Å². The summed E-state index contributed by atoms with van der Waals surface area (Å²) in [5.41, 5.74) is 7.18. The molecule has 0 spiro atoms. The molecule has 4 heteroatoms. The predicted molar refractivity (Wildman–Crippen MR) is 77.5 cm³/mol. The van der Waals surface area contributed by atoms with Gasteiger partial charge in [-0.2, -0.15) is 0 Å². The third-order valence-corrected chi connectivity index (χ3v) is 4.44. The normalized spacial score (nSPS) is 23.0. The molecule has 0 bridgehead atoms. The van der Waals surface area contributed by atoms with E-state index in [9.17, 15) is 9.18 Å². The van der Waals surface area contributed by atoms with Crippen LogP contribution in [0.15, 0.2) is 24.3 Å². The van der Waals surface area contributed by atoms with Crippen LogP contribution in [0.5, 0.6) is 0 Å². The van der Waals surface area contributed by atoms with Crippen molar-refractivity contribution in [1.29, 1.82) is 0 Å². The molecule has 3 atom stereocenters. The Balaban J connectivity index is 2.06. The van der Waals surface area contributed by atoms with Gasteiger partial charge >= 0.3 is 0 Å². The Morgan fingerprint density at radius 3 is 2.35 bits per heavy atom. The van der Waals surface area contributed by atoms with Gasteiger partial charge in [-0.05, 0) is 50.3 Å². The summed E-state index contributed by atoms with van der Waals surface area (Å²) in [6.07, 6.45) is 1.88. The second-order valence-electron chi connectivity index (χ2n) is 5.44. The zero-order valence-electron chi connectivity index (χ0n) is 12.2. The van der Waals surface area contributed by atoms with Crippen LogP contribution in [0.1, 0.15) is 38.3 Å². The summed E-state index contributed by atoms with van der Waals surface area (Å²) in [4.78, 5) is 14.3. The smallest absolute Gasteiger partial charge is 0.226 e. The number of carbonyl (C=O) groups excluding carboxylic acids is 1. The lowest BCUT2D eigenvalue weighted by Crippen LogP contribution is -2.46. The maximum absolute atomic E-state index is 12.9. The van der Waals surface area contributed by atoms with Crippen LogP contribution in [0, 0.1) is 17.7 Å². The van der Waals surface area contributed by atoms with E-state index in [4.69, 9.17) is 5.73 Å². The van der Waals surface area contributed by atoms with Crippen molar-refractivity contribution < 1.29 is 9.18 Å². The Morgan fingerprint density at radius 2 is 1.90 bits per heavy atom. The highest BCUT2D eigenvalue weighted by molar-refractivity contribution is 5.80. The third-order valence-electron chi connectivity index (χ3n) is 4.44. The zero-order valence-corrected chi connectivity index (χ0v) is 12.2. The number of carbonyl (C=O) groups is 1. The summed E-state index contributed by atoms with van der Waals surface area (Å²) in [6.45, 7) is 5.47. The molecule has 0 saturated heterocycles. The third kappa shape index (κ3) is 2.85. The van der Waals surface area contributed by atoms with E-state index in [1.165, 1.54) is 12.1 Å². The standard InChI is InChI=1S/C16H23FN2O/c1-3-19(4-2)16(20)14-10-9-13(14)15(18)11-5-7-12(17)8-6-11/h5-8,13-15H,3-4,9-10,18H2,1-2H3/t13-,14+,15?/m0/s1. The molecule has 1 unspecified atom stereocenters. The first kappa shape index (κ1) is 15.0. The summed E-state index contributed by atoms with van der Waals surface area (Å²) in [5.74, 6) is 0.151. The van der Waals surface area contributed by atoms with Crippen molar-refractivity contribution in [2.24, 2.45) is 17.6 Å². The summed E-state index contributed by atoms with van der Waals surface area (Å²) in [7, 11) is 0. The first-order valence-electron chi connectivity index (χ1n) is 7.38.